The first-order valence-electron chi connectivity index (χ1n) is 10.4. The van der Waals surface area contributed by atoms with E-state index in [0.29, 0.717) is 16.9 Å². The molecule has 3 aromatic carbocycles. The number of carbonyl (C=O) groups excluding carboxylic acids is 2. The van der Waals surface area contributed by atoms with Gasteiger partial charge in [-0.2, -0.15) is 13.2 Å². The smallest absolute Gasteiger partial charge is 0.416 e. The molecule has 0 spiro atoms. The van der Waals surface area contributed by atoms with E-state index in [1.807, 2.05) is 0 Å². The highest BCUT2D eigenvalue weighted by Gasteiger charge is 2.47. The number of hydrogen-bond donors (Lipinski definition) is 1. The largest absolute Gasteiger partial charge is 0.507 e. The number of amides is 1. The Bertz CT molecular complexity index is 1370. The van der Waals surface area contributed by atoms with Gasteiger partial charge in [0.1, 0.15) is 11.5 Å². The number of halogens is 4. The molecule has 1 amide bonds. The van der Waals surface area contributed by atoms with Crippen LogP contribution in [0.3, 0.4) is 0 Å². The normalized spacial score (nSPS) is 17.7. The summed E-state index contributed by atoms with van der Waals surface area (Å²) in [4.78, 5) is 27.4. The number of benzene rings is 3. The highest BCUT2D eigenvalue weighted by atomic mass is 79.9. The van der Waals surface area contributed by atoms with E-state index in [2.05, 4.69) is 15.9 Å². The van der Waals surface area contributed by atoms with Crippen molar-refractivity contribution in [2.45, 2.75) is 19.1 Å². The number of aliphatic hydroxyl groups is 1. The van der Waals surface area contributed by atoms with Crippen LogP contribution in [-0.4, -0.2) is 23.9 Å². The average molecular weight is 546 g/mol. The Morgan fingerprint density at radius 3 is 2.40 bits per heavy atom. The van der Waals surface area contributed by atoms with E-state index in [1.54, 1.807) is 49.4 Å². The molecule has 1 aliphatic rings. The Labute approximate surface area is 207 Å². The molecule has 180 valence electrons. The van der Waals surface area contributed by atoms with Crippen LogP contribution in [0.2, 0.25) is 0 Å². The number of ketones is 1. The number of ether oxygens (including phenoxy) is 1. The van der Waals surface area contributed by atoms with Gasteiger partial charge in [-0.3, -0.25) is 14.5 Å². The predicted molar refractivity (Wildman–Crippen MR) is 128 cm³/mol. The molecule has 0 aromatic heterocycles. The van der Waals surface area contributed by atoms with Crippen LogP contribution >= 0.6 is 15.9 Å². The molecule has 0 aliphatic carbocycles. The summed E-state index contributed by atoms with van der Waals surface area (Å²) in [6.45, 7) is 1.79. The lowest BCUT2D eigenvalue weighted by Crippen LogP contribution is -2.29. The predicted octanol–water partition coefficient (Wildman–Crippen LogP) is 6.41. The summed E-state index contributed by atoms with van der Waals surface area (Å²) in [5, 5.41) is 11.2. The van der Waals surface area contributed by atoms with Gasteiger partial charge in [-0.25, -0.2) is 0 Å². The number of rotatable bonds is 4. The van der Waals surface area contributed by atoms with Crippen molar-refractivity contribution in [1.82, 2.24) is 0 Å². The molecule has 0 saturated carbocycles. The fourth-order valence-corrected chi connectivity index (χ4v) is 4.25. The van der Waals surface area contributed by atoms with Crippen LogP contribution in [0.1, 0.15) is 28.3 Å². The summed E-state index contributed by atoms with van der Waals surface area (Å²) in [5.74, 6) is -2.07. The topological polar surface area (TPSA) is 66.8 Å². The van der Waals surface area contributed by atoms with Gasteiger partial charge in [-0.05, 0) is 60.5 Å². The summed E-state index contributed by atoms with van der Waals surface area (Å²) in [6, 6.07) is 14.3. The van der Waals surface area contributed by atoms with Gasteiger partial charge in [0.05, 0.1) is 24.3 Å². The van der Waals surface area contributed by atoms with Crippen LogP contribution in [0.15, 0.2) is 76.8 Å². The zero-order chi connectivity index (χ0) is 25.5. The molecule has 5 nitrogen and oxygen atoms in total. The third kappa shape index (κ3) is 4.55. The van der Waals surface area contributed by atoms with Crippen LogP contribution in [0.25, 0.3) is 5.76 Å². The molecule has 35 heavy (non-hydrogen) atoms. The number of nitrogens with zero attached hydrogens (tertiary/aromatic N) is 1. The van der Waals surface area contributed by atoms with E-state index >= 15 is 0 Å². The van der Waals surface area contributed by atoms with Crippen molar-refractivity contribution in [2.75, 3.05) is 12.0 Å². The number of methoxy groups -OCH3 is 1. The van der Waals surface area contributed by atoms with Gasteiger partial charge in [0.2, 0.25) is 0 Å². The monoisotopic (exact) mass is 545 g/mol. The molecule has 3 aromatic rings. The molecular formula is C26H19BrF3NO4. The third-order valence-corrected chi connectivity index (χ3v) is 6.63. The van der Waals surface area contributed by atoms with E-state index in [-0.39, 0.29) is 11.3 Å². The van der Waals surface area contributed by atoms with Crippen LogP contribution in [-0.2, 0) is 15.8 Å². The van der Waals surface area contributed by atoms with E-state index in [9.17, 15) is 27.9 Å². The number of alkyl halides is 3. The molecule has 1 N–H and O–H groups in total. The second kappa shape index (κ2) is 9.22. The number of Topliss-reactive ketones (excluding diaryl/α,β-unsaturated/α-hetero) is 1. The molecule has 0 bridgehead atoms. The van der Waals surface area contributed by atoms with Crippen molar-refractivity contribution in [1.29, 1.82) is 0 Å². The average Bonchev–Trinajstić information content (AvgIpc) is 3.10. The standard InChI is InChI=1S/C26H19BrF3NO4/c1-14-11-16(9-10-20(14)27)23(32)21-22(15-5-3-8-19(12-15)35-2)31(25(34)24(21)33)18-7-4-6-17(13-18)26(28,29)30/h3-13,22,32H,1-2H3/b23-21+. The molecule has 1 atom stereocenters. The van der Waals surface area contributed by atoms with Gasteiger partial charge in [-0.15, -0.1) is 0 Å². The van der Waals surface area contributed by atoms with Crippen molar-refractivity contribution in [2.24, 2.45) is 0 Å². The number of aryl methyl sites for hydroxylation is 1. The van der Waals surface area contributed by atoms with Crippen LogP contribution < -0.4 is 9.64 Å². The second-order valence-electron chi connectivity index (χ2n) is 7.96. The highest BCUT2D eigenvalue weighted by Crippen LogP contribution is 2.44. The molecule has 1 saturated heterocycles. The number of anilines is 1. The van der Waals surface area contributed by atoms with Gasteiger partial charge < -0.3 is 9.84 Å². The Kier molecular flexibility index (Phi) is 6.46. The fraction of sp³-hybridized carbons (Fsp3) is 0.154. The summed E-state index contributed by atoms with van der Waals surface area (Å²) >= 11 is 3.38. The van der Waals surface area contributed by atoms with E-state index in [0.717, 1.165) is 33.1 Å². The Morgan fingerprint density at radius 2 is 1.74 bits per heavy atom. The fourth-order valence-electron chi connectivity index (χ4n) is 4.01. The zero-order valence-electron chi connectivity index (χ0n) is 18.6. The first kappa shape index (κ1) is 24.5. The minimum absolute atomic E-state index is 0.124. The maximum absolute atomic E-state index is 13.4. The third-order valence-electron chi connectivity index (χ3n) is 5.74. The van der Waals surface area contributed by atoms with Crippen LogP contribution in [0.5, 0.6) is 5.75 Å². The van der Waals surface area contributed by atoms with Crippen LogP contribution in [0.4, 0.5) is 18.9 Å². The molecule has 1 aliphatic heterocycles. The van der Waals surface area contributed by atoms with Crippen molar-refractivity contribution in [3.05, 3.63) is 99.0 Å². The van der Waals surface area contributed by atoms with Gasteiger partial charge in [0, 0.05) is 15.7 Å². The minimum atomic E-state index is -4.65. The molecule has 1 heterocycles. The summed E-state index contributed by atoms with van der Waals surface area (Å²) in [5.41, 5.74) is 0.129. The summed E-state index contributed by atoms with van der Waals surface area (Å²) in [6.07, 6.45) is -4.65. The van der Waals surface area contributed by atoms with Gasteiger partial charge in [0.15, 0.2) is 0 Å². The Balaban J connectivity index is 1.97. The van der Waals surface area contributed by atoms with E-state index < -0.39 is 35.2 Å². The highest BCUT2D eigenvalue weighted by molar-refractivity contribution is 9.10. The van der Waals surface area contributed by atoms with E-state index in [1.165, 1.54) is 13.2 Å². The molecular weight excluding hydrogens is 527 g/mol. The SMILES string of the molecule is COc1cccc(C2/C(=C(\O)c3ccc(Br)c(C)c3)C(=O)C(=O)N2c2cccc(C(F)(F)F)c2)c1. The lowest BCUT2D eigenvalue weighted by Gasteiger charge is -2.26. The minimum Gasteiger partial charge on any atom is -0.507 e. The lowest BCUT2D eigenvalue weighted by molar-refractivity contribution is -0.137. The number of aliphatic hydroxyl groups excluding tert-OH is 1. The maximum atomic E-state index is 13.4. The van der Waals surface area contributed by atoms with Gasteiger partial charge >= 0.3 is 6.18 Å². The molecule has 1 fully saturated rings. The molecule has 4 rings (SSSR count). The van der Waals surface area contributed by atoms with E-state index in [4.69, 9.17) is 4.74 Å². The summed E-state index contributed by atoms with van der Waals surface area (Å²) < 4.78 is 46.3. The van der Waals surface area contributed by atoms with Crippen LogP contribution in [0, 0.1) is 6.92 Å². The maximum Gasteiger partial charge on any atom is 0.416 e. The van der Waals surface area contributed by atoms with Crippen molar-refractivity contribution in [3.8, 4) is 5.75 Å². The van der Waals surface area contributed by atoms with Gasteiger partial charge in [-0.1, -0.05) is 40.2 Å². The van der Waals surface area contributed by atoms with Crippen molar-refractivity contribution >= 4 is 39.1 Å². The molecule has 1 unspecified atom stereocenters. The van der Waals surface area contributed by atoms with Crippen molar-refractivity contribution in [3.63, 3.8) is 0 Å². The number of carbonyl (C=O) groups is 2. The van der Waals surface area contributed by atoms with Gasteiger partial charge in [0.25, 0.3) is 11.7 Å². The summed E-state index contributed by atoms with van der Waals surface area (Å²) in [7, 11) is 1.44. The Morgan fingerprint density at radius 1 is 1.03 bits per heavy atom. The number of hydrogen-bond acceptors (Lipinski definition) is 4. The van der Waals surface area contributed by atoms with Crippen molar-refractivity contribution < 1.29 is 32.6 Å². The molecule has 0 radical (unpaired) electrons. The quantitative estimate of drug-likeness (QED) is 0.233. The lowest BCUT2D eigenvalue weighted by atomic mass is 9.94. The Hall–Kier alpha value is -3.59. The second-order valence-corrected chi connectivity index (χ2v) is 8.81. The zero-order valence-corrected chi connectivity index (χ0v) is 20.1. The molecule has 9 heteroatoms. The first-order chi connectivity index (χ1) is 16.5. The first-order valence-corrected chi connectivity index (χ1v) is 11.2.